The molecule has 0 aliphatic carbocycles. The summed E-state index contributed by atoms with van der Waals surface area (Å²) in [5, 5.41) is 15.4. The molecular formula is C13H23N3O7STc. The minimum atomic E-state index is -0.882. The van der Waals surface area contributed by atoms with E-state index in [1.807, 2.05) is 0 Å². The molecule has 0 rings (SSSR count). The molecule has 0 atom stereocenters. The normalized spacial score (nSPS) is 9.00. The van der Waals surface area contributed by atoms with Gasteiger partial charge in [0.05, 0.1) is 18.8 Å². The number of carboxylic acids is 1. The van der Waals surface area contributed by atoms with E-state index in [4.69, 9.17) is 5.11 Å². The maximum atomic E-state index is 11.4. The van der Waals surface area contributed by atoms with Gasteiger partial charge >= 0.3 is 5.97 Å². The van der Waals surface area contributed by atoms with Crippen molar-refractivity contribution in [2.75, 3.05) is 25.4 Å². The Bertz CT molecular complexity index is 463. The van der Waals surface area contributed by atoms with E-state index in [0.717, 1.165) is 11.8 Å². The number of hydrogen-bond donors (Lipinski definition) is 4. The number of aliphatic carboxylic acids is 1. The molecule has 0 aromatic carbocycles. The Morgan fingerprint density at radius 1 is 0.880 bits per heavy atom. The average molecular weight is 464 g/mol. The van der Waals surface area contributed by atoms with Crippen LogP contribution in [0.2, 0.25) is 0 Å². The van der Waals surface area contributed by atoms with E-state index in [9.17, 15) is 24.0 Å². The summed E-state index contributed by atoms with van der Waals surface area (Å²) in [6.45, 7) is 1.17. The fraction of sp³-hybridized carbons (Fsp3) is 0.615. The van der Waals surface area contributed by atoms with Gasteiger partial charge in [-0.25, -0.2) is 0 Å². The van der Waals surface area contributed by atoms with E-state index < -0.39 is 23.7 Å². The predicted octanol–water partition coefficient (Wildman–Crippen LogP) is -1.96. The molecule has 0 aromatic rings. The fourth-order valence-electron chi connectivity index (χ4n) is 1.33. The van der Waals surface area contributed by atoms with E-state index >= 15 is 0 Å². The zero-order valence-electron chi connectivity index (χ0n) is 13.7. The molecule has 0 unspecified atom stereocenters. The van der Waals surface area contributed by atoms with Crippen molar-refractivity contribution in [1.82, 2.24) is 16.0 Å². The first kappa shape index (κ1) is 28.3. The van der Waals surface area contributed by atoms with Crippen LogP contribution in [0.3, 0.4) is 0 Å². The molecule has 0 bridgehead atoms. The third-order valence-electron chi connectivity index (χ3n) is 2.44. The van der Waals surface area contributed by atoms with Gasteiger partial charge < -0.3 is 26.5 Å². The van der Waals surface area contributed by atoms with Gasteiger partial charge in [-0.05, 0) is 12.8 Å². The maximum Gasteiger partial charge on any atom is 0.303 e. The Morgan fingerprint density at radius 3 is 1.92 bits per heavy atom. The Labute approximate surface area is 162 Å². The van der Waals surface area contributed by atoms with Gasteiger partial charge in [-0.15, -0.1) is 0 Å². The van der Waals surface area contributed by atoms with Crippen molar-refractivity contribution >= 4 is 40.6 Å². The quantitative estimate of drug-likeness (QED) is 0.257. The number of nitrogens with one attached hydrogen (secondary N) is 3. The number of unbranched alkanes of at least 4 members (excludes halogenated alkanes) is 1. The Hall–Kier alpha value is -1.49. The molecule has 25 heavy (non-hydrogen) atoms. The van der Waals surface area contributed by atoms with Crippen LogP contribution in [0, 0.1) is 0 Å². The zero-order valence-corrected chi connectivity index (χ0v) is 16.4. The van der Waals surface area contributed by atoms with E-state index in [1.54, 1.807) is 0 Å². The van der Waals surface area contributed by atoms with Gasteiger partial charge in [0.25, 0.3) is 0 Å². The van der Waals surface area contributed by atoms with Gasteiger partial charge in [0.2, 0.25) is 17.7 Å². The summed E-state index contributed by atoms with van der Waals surface area (Å²) in [6.07, 6.45) is 1.05. The molecule has 0 saturated carbocycles. The van der Waals surface area contributed by atoms with Crippen LogP contribution < -0.4 is 16.0 Å². The first-order valence-corrected chi connectivity index (χ1v) is 7.95. The zero-order chi connectivity index (χ0) is 17.7. The third-order valence-corrected chi connectivity index (χ3v) is 3.25. The summed E-state index contributed by atoms with van der Waals surface area (Å²) in [6, 6.07) is 0. The molecule has 0 saturated heterocycles. The van der Waals surface area contributed by atoms with E-state index in [-0.39, 0.29) is 56.0 Å². The van der Waals surface area contributed by atoms with Gasteiger partial charge in [0.1, 0.15) is 0 Å². The summed E-state index contributed by atoms with van der Waals surface area (Å²) in [7, 11) is 0. The molecule has 0 fully saturated rings. The van der Waals surface area contributed by atoms with Crippen molar-refractivity contribution < 1.29 is 54.7 Å². The van der Waals surface area contributed by atoms with Crippen molar-refractivity contribution in [3.8, 4) is 0 Å². The number of carboxylic acid groups (broad SMARTS) is 1. The molecule has 0 heterocycles. The Kier molecular flexibility index (Phi) is 19.6. The largest absolute Gasteiger partial charge is 0.481 e. The SMILES string of the molecule is CC(=O)SCC(=O)NCC(=O)NCC(=O)NCCCCC(=O)O.O.[99Tc]. The van der Waals surface area contributed by atoms with Crippen LogP contribution in [0.4, 0.5) is 0 Å². The molecule has 3 amide bonds. The number of carbonyl (C=O) groups is 5. The molecule has 1 radical (unpaired) electrons. The topological polar surface area (TPSA) is 173 Å². The number of hydrogen-bond acceptors (Lipinski definition) is 6. The molecule has 0 spiro atoms. The maximum absolute atomic E-state index is 11.4. The summed E-state index contributed by atoms with van der Waals surface area (Å²) in [4.78, 5) is 55.0. The molecule has 145 valence electrons. The standard InChI is InChI=1S/C13H21N3O6S.H2O.Tc/c1-9(17)23-8-12(20)16-7-11(19)15-6-10(18)14-5-3-2-4-13(21)22;;/h2-8H2,1H3,(H,14,18)(H,15,19)(H,16,20)(H,21,22);1H2;/i;;1+1. The predicted molar refractivity (Wildman–Crippen MR) is 87.3 cm³/mol. The Morgan fingerprint density at radius 2 is 1.40 bits per heavy atom. The van der Waals surface area contributed by atoms with Gasteiger partial charge in [-0.1, -0.05) is 11.8 Å². The van der Waals surface area contributed by atoms with Crippen LogP contribution in [-0.2, 0) is 44.1 Å². The summed E-state index contributed by atoms with van der Waals surface area (Å²) >= 11 is 0.841. The second-order valence-electron chi connectivity index (χ2n) is 4.53. The smallest absolute Gasteiger partial charge is 0.303 e. The number of carbonyl (C=O) groups excluding carboxylic acids is 4. The van der Waals surface area contributed by atoms with Crippen LogP contribution in [0.25, 0.3) is 0 Å². The first-order chi connectivity index (χ1) is 10.8. The molecule has 0 aromatic heterocycles. The second-order valence-corrected chi connectivity index (χ2v) is 5.69. The van der Waals surface area contributed by atoms with E-state index in [1.165, 1.54) is 6.92 Å². The summed E-state index contributed by atoms with van der Waals surface area (Å²) < 4.78 is 0. The third kappa shape index (κ3) is 20.5. The van der Waals surface area contributed by atoms with Crippen LogP contribution in [-0.4, -0.2) is 64.8 Å². The number of thioether (sulfide) groups is 1. The van der Waals surface area contributed by atoms with Crippen LogP contribution in [0.5, 0.6) is 0 Å². The van der Waals surface area contributed by atoms with Crippen molar-refractivity contribution in [3.05, 3.63) is 0 Å². The van der Waals surface area contributed by atoms with Crippen LogP contribution in [0.15, 0.2) is 0 Å². The average Bonchev–Trinajstić information content (AvgIpc) is 2.48. The number of amides is 3. The molecule has 10 nitrogen and oxygen atoms in total. The van der Waals surface area contributed by atoms with Crippen molar-refractivity contribution in [3.63, 3.8) is 0 Å². The first-order valence-electron chi connectivity index (χ1n) is 6.96. The monoisotopic (exact) mass is 464 g/mol. The van der Waals surface area contributed by atoms with Crippen LogP contribution >= 0.6 is 11.8 Å². The molecule has 0 aliphatic heterocycles. The minimum absolute atomic E-state index is 0. The second kappa shape index (κ2) is 17.3. The van der Waals surface area contributed by atoms with Crippen molar-refractivity contribution in [2.24, 2.45) is 0 Å². The molecule has 6 N–H and O–H groups in total. The molecule has 0 aliphatic rings. The van der Waals surface area contributed by atoms with Gasteiger partial charge in [0, 0.05) is 40.0 Å². The van der Waals surface area contributed by atoms with E-state index in [0.29, 0.717) is 19.4 Å². The van der Waals surface area contributed by atoms with Crippen molar-refractivity contribution in [2.45, 2.75) is 26.2 Å². The summed E-state index contributed by atoms with van der Waals surface area (Å²) in [5.74, 6) is -2.30. The van der Waals surface area contributed by atoms with Crippen molar-refractivity contribution in [1.29, 1.82) is 0 Å². The fourth-order valence-corrected chi connectivity index (χ4v) is 1.77. The van der Waals surface area contributed by atoms with Gasteiger partial charge in [-0.2, -0.15) is 0 Å². The Balaban J connectivity index is -0.00000242. The van der Waals surface area contributed by atoms with Gasteiger partial charge in [-0.3, -0.25) is 24.0 Å². The molecular weight excluding hydrogens is 441 g/mol. The van der Waals surface area contributed by atoms with Crippen LogP contribution in [0.1, 0.15) is 26.2 Å². The minimum Gasteiger partial charge on any atom is -0.481 e. The van der Waals surface area contributed by atoms with E-state index in [2.05, 4.69) is 16.0 Å². The molecule has 12 heteroatoms. The van der Waals surface area contributed by atoms with Gasteiger partial charge in [0.15, 0.2) is 5.12 Å². The number of rotatable bonds is 11. The summed E-state index contributed by atoms with van der Waals surface area (Å²) in [5.41, 5.74) is 0.